The summed E-state index contributed by atoms with van der Waals surface area (Å²) in [4.78, 5) is 0. The fourth-order valence-electron chi connectivity index (χ4n) is 2.53. The van der Waals surface area contributed by atoms with Gasteiger partial charge in [-0.05, 0) is 42.5 Å². The molecule has 0 unspecified atom stereocenters. The Morgan fingerprint density at radius 3 is 2.85 bits per heavy atom. The van der Waals surface area contributed by atoms with Gasteiger partial charge in [0, 0.05) is 30.2 Å². The molecule has 2 aromatic rings. The smallest absolute Gasteiger partial charge is 0.0483 e. The van der Waals surface area contributed by atoms with Crippen molar-refractivity contribution in [3.05, 3.63) is 36.0 Å². The van der Waals surface area contributed by atoms with E-state index in [9.17, 15) is 0 Å². The molecule has 3 heteroatoms. The first-order valence-electron chi connectivity index (χ1n) is 7.72. The Morgan fingerprint density at radius 2 is 2.05 bits per heavy atom. The summed E-state index contributed by atoms with van der Waals surface area (Å²) < 4.78 is 2.43. The predicted molar refractivity (Wildman–Crippen MR) is 91.6 cm³/mol. The Hall–Kier alpha value is -0.930. The normalized spacial score (nSPS) is 11.3. The first-order chi connectivity index (χ1) is 9.86. The van der Waals surface area contributed by atoms with Crippen LogP contribution in [-0.4, -0.2) is 22.6 Å². The number of aryl methyl sites for hydroxylation is 1. The third-order valence-electron chi connectivity index (χ3n) is 3.51. The van der Waals surface area contributed by atoms with Crippen LogP contribution in [0, 0.1) is 0 Å². The summed E-state index contributed by atoms with van der Waals surface area (Å²) >= 11 is 2.03. The Balaban J connectivity index is 2.09. The van der Waals surface area contributed by atoms with Crippen molar-refractivity contribution in [2.75, 3.05) is 18.1 Å². The Kier molecular flexibility index (Phi) is 6.48. The van der Waals surface area contributed by atoms with E-state index in [-0.39, 0.29) is 0 Å². The van der Waals surface area contributed by atoms with Crippen LogP contribution >= 0.6 is 11.8 Å². The lowest BCUT2D eigenvalue weighted by Crippen LogP contribution is -2.13. The van der Waals surface area contributed by atoms with E-state index >= 15 is 0 Å². The fourth-order valence-corrected chi connectivity index (χ4v) is 3.15. The number of hydrogen-bond acceptors (Lipinski definition) is 2. The van der Waals surface area contributed by atoms with Gasteiger partial charge >= 0.3 is 0 Å². The summed E-state index contributed by atoms with van der Waals surface area (Å²) in [5.41, 5.74) is 2.81. The largest absolute Gasteiger partial charge is 0.347 e. The third kappa shape index (κ3) is 4.03. The van der Waals surface area contributed by atoms with Crippen LogP contribution in [0.2, 0.25) is 0 Å². The minimum absolute atomic E-state index is 0.977. The zero-order valence-corrected chi connectivity index (χ0v) is 13.5. The van der Waals surface area contributed by atoms with Crippen molar-refractivity contribution in [1.82, 2.24) is 9.88 Å². The van der Waals surface area contributed by atoms with Crippen LogP contribution in [0.15, 0.2) is 30.5 Å². The monoisotopic (exact) mass is 290 g/mol. The van der Waals surface area contributed by atoms with E-state index < -0.39 is 0 Å². The summed E-state index contributed by atoms with van der Waals surface area (Å²) in [7, 11) is 0. The minimum Gasteiger partial charge on any atom is -0.347 e. The molecule has 0 aliphatic carbocycles. The van der Waals surface area contributed by atoms with E-state index in [4.69, 9.17) is 0 Å². The minimum atomic E-state index is 0.977. The molecule has 0 radical (unpaired) electrons. The zero-order valence-electron chi connectivity index (χ0n) is 12.7. The van der Waals surface area contributed by atoms with Crippen LogP contribution in [0.25, 0.3) is 10.9 Å². The van der Waals surface area contributed by atoms with Crippen LogP contribution in [-0.2, 0) is 13.1 Å². The van der Waals surface area contributed by atoms with Crippen molar-refractivity contribution in [3.63, 3.8) is 0 Å². The molecule has 0 aliphatic rings. The molecule has 1 aromatic carbocycles. The molecule has 0 aliphatic heterocycles. The molecule has 0 bridgehead atoms. The zero-order chi connectivity index (χ0) is 14.2. The maximum absolute atomic E-state index is 3.52. The van der Waals surface area contributed by atoms with Gasteiger partial charge in [-0.3, -0.25) is 0 Å². The Morgan fingerprint density at radius 1 is 1.20 bits per heavy atom. The van der Waals surface area contributed by atoms with Gasteiger partial charge in [-0.2, -0.15) is 11.8 Å². The molecule has 0 saturated heterocycles. The number of nitrogens with one attached hydrogen (secondary N) is 1. The molecule has 1 N–H and O–H groups in total. The van der Waals surface area contributed by atoms with Crippen LogP contribution in [0.3, 0.4) is 0 Å². The molecule has 0 saturated carbocycles. The third-order valence-corrected chi connectivity index (χ3v) is 4.49. The Bertz CT molecular complexity index is 519. The molecule has 2 nitrogen and oxygen atoms in total. The molecule has 20 heavy (non-hydrogen) atoms. The van der Waals surface area contributed by atoms with Crippen molar-refractivity contribution < 1.29 is 0 Å². The molecular weight excluding hydrogens is 264 g/mol. The van der Waals surface area contributed by atoms with E-state index in [1.807, 2.05) is 11.8 Å². The quantitative estimate of drug-likeness (QED) is 0.694. The van der Waals surface area contributed by atoms with E-state index in [1.165, 1.54) is 40.8 Å². The SMILES string of the molecule is CCCNCc1cn(CCCSCC)c2ccccc12. The van der Waals surface area contributed by atoms with Crippen molar-refractivity contribution >= 4 is 22.7 Å². The number of thioether (sulfide) groups is 1. The first kappa shape index (κ1) is 15.5. The molecule has 0 spiro atoms. The lowest BCUT2D eigenvalue weighted by molar-refractivity contribution is 0.668. The van der Waals surface area contributed by atoms with Crippen molar-refractivity contribution in [2.45, 2.75) is 39.8 Å². The van der Waals surface area contributed by atoms with Crippen LogP contribution in [0.4, 0.5) is 0 Å². The van der Waals surface area contributed by atoms with Crippen LogP contribution in [0.1, 0.15) is 32.3 Å². The number of nitrogens with zero attached hydrogens (tertiary/aromatic N) is 1. The topological polar surface area (TPSA) is 17.0 Å². The number of hydrogen-bond donors (Lipinski definition) is 1. The highest BCUT2D eigenvalue weighted by Crippen LogP contribution is 2.22. The van der Waals surface area contributed by atoms with Gasteiger partial charge in [-0.1, -0.05) is 32.0 Å². The molecule has 0 atom stereocenters. The highest BCUT2D eigenvalue weighted by atomic mass is 32.2. The first-order valence-corrected chi connectivity index (χ1v) is 8.87. The molecule has 0 fully saturated rings. The Labute approximate surface area is 126 Å². The number of para-hydroxylation sites is 1. The van der Waals surface area contributed by atoms with Gasteiger partial charge < -0.3 is 9.88 Å². The maximum atomic E-state index is 3.52. The predicted octanol–water partition coefficient (Wildman–Crippen LogP) is 4.28. The molecule has 110 valence electrons. The average Bonchev–Trinajstić information content (AvgIpc) is 2.83. The molecule has 0 amide bonds. The summed E-state index contributed by atoms with van der Waals surface area (Å²) in [6, 6.07) is 8.77. The number of benzene rings is 1. The average molecular weight is 290 g/mol. The van der Waals surface area contributed by atoms with Crippen LogP contribution in [0.5, 0.6) is 0 Å². The van der Waals surface area contributed by atoms with E-state index in [0.717, 1.165) is 19.6 Å². The second kappa shape index (κ2) is 8.38. The highest BCUT2D eigenvalue weighted by molar-refractivity contribution is 7.99. The summed E-state index contributed by atoms with van der Waals surface area (Å²) in [6.07, 6.45) is 4.77. The van der Waals surface area contributed by atoms with Gasteiger partial charge in [0.25, 0.3) is 0 Å². The lowest BCUT2D eigenvalue weighted by Gasteiger charge is -2.04. The highest BCUT2D eigenvalue weighted by Gasteiger charge is 2.07. The van der Waals surface area contributed by atoms with E-state index in [0.29, 0.717) is 0 Å². The summed E-state index contributed by atoms with van der Waals surface area (Å²) in [5, 5.41) is 4.92. The van der Waals surface area contributed by atoms with Crippen molar-refractivity contribution in [2.24, 2.45) is 0 Å². The van der Waals surface area contributed by atoms with Gasteiger partial charge in [0.15, 0.2) is 0 Å². The summed E-state index contributed by atoms with van der Waals surface area (Å²) in [5.74, 6) is 2.48. The molecule has 1 heterocycles. The second-order valence-electron chi connectivity index (χ2n) is 5.09. The fraction of sp³-hybridized carbons (Fsp3) is 0.529. The molecule has 1 aromatic heterocycles. The van der Waals surface area contributed by atoms with Gasteiger partial charge in [-0.25, -0.2) is 0 Å². The number of fused-ring (bicyclic) bond motifs is 1. The standard InChI is InChI=1S/C17H26N2S/c1-3-10-18-13-15-14-19(11-7-12-20-4-2)17-9-6-5-8-16(15)17/h5-6,8-9,14,18H,3-4,7,10-13H2,1-2H3. The van der Waals surface area contributed by atoms with Crippen LogP contribution < -0.4 is 5.32 Å². The number of aromatic nitrogens is 1. The van der Waals surface area contributed by atoms with Gasteiger partial charge in [-0.15, -0.1) is 0 Å². The second-order valence-corrected chi connectivity index (χ2v) is 6.49. The van der Waals surface area contributed by atoms with E-state index in [1.54, 1.807) is 0 Å². The summed E-state index contributed by atoms with van der Waals surface area (Å²) in [6.45, 7) is 7.63. The van der Waals surface area contributed by atoms with Crippen molar-refractivity contribution in [1.29, 1.82) is 0 Å². The molecule has 2 rings (SSSR count). The van der Waals surface area contributed by atoms with Crippen molar-refractivity contribution in [3.8, 4) is 0 Å². The maximum Gasteiger partial charge on any atom is 0.0483 e. The number of rotatable bonds is 9. The van der Waals surface area contributed by atoms with E-state index in [2.05, 4.69) is 54.2 Å². The van der Waals surface area contributed by atoms with Gasteiger partial charge in [0.05, 0.1) is 0 Å². The molecular formula is C17H26N2S. The van der Waals surface area contributed by atoms with Gasteiger partial charge in [0.2, 0.25) is 0 Å². The lowest BCUT2D eigenvalue weighted by atomic mass is 10.2. The van der Waals surface area contributed by atoms with Gasteiger partial charge in [0.1, 0.15) is 0 Å².